The van der Waals surface area contributed by atoms with Crippen LogP contribution in [-0.2, 0) is 4.79 Å². The first kappa shape index (κ1) is 9.72. The molecule has 0 radical (unpaired) electrons. The SMILES string of the molecule is CN1CCC[C@H](N)C1=O.Cl. The summed E-state index contributed by atoms with van der Waals surface area (Å²) in [7, 11) is 1.79. The lowest BCUT2D eigenvalue weighted by Gasteiger charge is -2.26. The highest BCUT2D eigenvalue weighted by molar-refractivity contribution is 5.85. The predicted octanol–water partition coefficient (Wildman–Crippen LogP) is -0.0123. The van der Waals surface area contributed by atoms with Crippen molar-refractivity contribution in [1.29, 1.82) is 0 Å². The number of amides is 1. The molecule has 0 bridgehead atoms. The Morgan fingerprint density at radius 1 is 1.70 bits per heavy atom. The maximum Gasteiger partial charge on any atom is 0.239 e. The molecule has 1 aliphatic heterocycles. The number of carbonyl (C=O) groups excluding carboxylic acids is 1. The number of rotatable bonds is 0. The van der Waals surface area contributed by atoms with Crippen LogP contribution in [0.5, 0.6) is 0 Å². The lowest BCUT2D eigenvalue weighted by molar-refractivity contribution is -0.133. The van der Waals surface area contributed by atoms with Crippen molar-refractivity contribution in [3.63, 3.8) is 0 Å². The molecule has 1 atom stereocenters. The molecule has 2 N–H and O–H groups in total. The average Bonchev–Trinajstić information content (AvgIpc) is 1.83. The quantitative estimate of drug-likeness (QED) is 0.548. The van der Waals surface area contributed by atoms with Gasteiger partial charge in [-0.3, -0.25) is 4.79 Å². The third-order valence-electron chi connectivity index (χ3n) is 1.70. The van der Waals surface area contributed by atoms with Crippen molar-refractivity contribution >= 4 is 18.3 Å². The molecule has 0 aliphatic carbocycles. The van der Waals surface area contributed by atoms with Crippen LogP contribution in [0.25, 0.3) is 0 Å². The summed E-state index contributed by atoms with van der Waals surface area (Å²) in [4.78, 5) is 12.6. The fraction of sp³-hybridized carbons (Fsp3) is 0.833. The smallest absolute Gasteiger partial charge is 0.239 e. The van der Waals surface area contributed by atoms with Crippen molar-refractivity contribution in [1.82, 2.24) is 4.90 Å². The van der Waals surface area contributed by atoms with Crippen LogP contribution in [0.2, 0.25) is 0 Å². The molecule has 60 valence electrons. The Morgan fingerprint density at radius 3 is 2.70 bits per heavy atom. The van der Waals surface area contributed by atoms with Gasteiger partial charge in [0.05, 0.1) is 6.04 Å². The van der Waals surface area contributed by atoms with E-state index in [4.69, 9.17) is 5.73 Å². The molecule has 3 nitrogen and oxygen atoms in total. The molecule has 1 amide bonds. The molecule has 0 aromatic rings. The molecule has 0 spiro atoms. The van der Waals surface area contributed by atoms with Gasteiger partial charge in [-0.05, 0) is 12.8 Å². The first-order valence-corrected chi connectivity index (χ1v) is 3.22. The predicted molar refractivity (Wildman–Crippen MR) is 42.1 cm³/mol. The Kier molecular flexibility index (Phi) is 3.68. The number of likely N-dealkylation sites (N-methyl/N-ethyl adjacent to an activating group) is 1. The second-order valence-corrected chi connectivity index (χ2v) is 2.51. The summed E-state index contributed by atoms with van der Waals surface area (Å²) in [6.45, 7) is 0.868. The van der Waals surface area contributed by atoms with E-state index in [2.05, 4.69) is 0 Å². The highest BCUT2D eigenvalue weighted by Crippen LogP contribution is 2.06. The number of hydrogen-bond acceptors (Lipinski definition) is 2. The van der Waals surface area contributed by atoms with Gasteiger partial charge in [-0.2, -0.15) is 0 Å². The van der Waals surface area contributed by atoms with Crippen molar-refractivity contribution in [2.24, 2.45) is 5.73 Å². The van der Waals surface area contributed by atoms with E-state index in [1.54, 1.807) is 11.9 Å². The van der Waals surface area contributed by atoms with Crippen LogP contribution in [0.3, 0.4) is 0 Å². The second kappa shape index (κ2) is 3.78. The minimum Gasteiger partial charge on any atom is -0.344 e. The van der Waals surface area contributed by atoms with Gasteiger partial charge >= 0.3 is 0 Å². The van der Waals surface area contributed by atoms with E-state index in [-0.39, 0.29) is 24.4 Å². The first-order valence-electron chi connectivity index (χ1n) is 3.22. The average molecular weight is 165 g/mol. The zero-order chi connectivity index (χ0) is 6.85. The molecule has 1 rings (SSSR count). The molecule has 0 aromatic heterocycles. The van der Waals surface area contributed by atoms with Crippen LogP contribution in [0, 0.1) is 0 Å². The van der Waals surface area contributed by atoms with E-state index < -0.39 is 0 Å². The molecule has 1 saturated heterocycles. The standard InChI is InChI=1S/C6H12N2O.ClH/c1-8-4-2-3-5(7)6(8)9;/h5H,2-4,7H2,1H3;1H/t5-;/m0./s1. The van der Waals surface area contributed by atoms with Gasteiger partial charge in [0.25, 0.3) is 0 Å². The third kappa shape index (κ3) is 1.85. The van der Waals surface area contributed by atoms with Crippen molar-refractivity contribution in [2.75, 3.05) is 13.6 Å². The van der Waals surface area contributed by atoms with E-state index in [9.17, 15) is 4.79 Å². The molecular weight excluding hydrogens is 152 g/mol. The molecule has 1 heterocycles. The lowest BCUT2D eigenvalue weighted by Crippen LogP contribution is -2.46. The molecule has 0 unspecified atom stereocenters. The van der Waals surface area contributed by atoms with Crippen molar-refractivity contribution in [3.05, 3.63) is 0 Å². The first-order chi connectivity index (χ1) is 4.22. The van der Waals surface area contributed by atoms with Crippen molar-refractivity contribution in [2.45, 2.75) is 18.9 Å². The number of carbonyl (C=O) groups is 1. The molecule has 0 saturated carbocycles. The summed E-state index contributed by atoms with van der Waals surface area (Å²) in [6.07, 6.45) is 1.90. The Hall–Kier alpha value is -0.280. The van der Waals surface area contributed by atoms with Gasteiger partial charge in [-0.1, -0.05) is 0 Å². The van der Waals surface area contributed by atoms with Gasteiger partial charge in [-0.15, -0.1) is 12.4 Å². The number of hydrogen-bond donors (Lipinski definition) is 1. The zero-order valence-electron chi connectivity index (χ0n) is 6.04. The van der Waals surface area contributed by atoms with Crippen LogP contribution in [-0.4, -0.2) is 30.4 Å². The van der Waals surface area contributed by atoms with Crippen LogP contribution in [0.15, 0.2) is 0 Å². The highest BCUT2D eigenvalue weighted by Gasteiger charge is 2.21. The largest absolute Gasteiger partial charge is 0.344 e. The normalized spacial score (nSPS) is 26.0. The van der Waals surface area contributed by atoms with Gasteiger partial charge in [0, 0.05) is 13.6 Å². The Balaban J connectivity index is 0.000000810. The topological polar surface area (TPSA) is 46.3 Å². The minimum absolute atomic E-state index is 0. The highest BCUT2D eigenvalue weighted by atomic mass is 35.5. The number of piperidine rings is 1. The number of nitrogens with two attached hydrogens (primary N) is 1. The van der Waals surface area contributed by atoms with Crippen molar-refractivity contribution < 1.29 is 4.79 Å². The summed E-state index contributed by atoms with van der Waals surface area (Å²) in [6, 6.07) is -0.233. The fourth-order valence-electron chi connectivity index (χ4n) is 1.07. The Labute approximate surface area is 67.0 Å². The zero-order valence-corrected chi connectivity index (χ0v) is 6.86. The van der Waals surface area contributed by atoms with Crippen molar-refractivity contribution in [3.8, 4) is 0 Å². The lowest BCUT2D eigenvalue weighted by atomic mass is 10.1. The van der Waals surface area contributed by atoms with Gasteiger partial charge in [0.1, 0.15) is 0 Å². The van der Waals surface area contributed by atoms with E-state index in [1.807, 2.05) is 0 Å². The summed E-state index contributed by atoms with van der Waals surface area (Å²) >= 11 is 0. The van der Waals surface area contributed by atoms with Crippen LogP contribution in [0.1, 0.15) is 12.8 Å². The summed E-state index contributed by atoms with van der Waals surface area (Å²) in [5.74, 6) is 0.0845. The second-order valence-electron chi connectivity index (χ2n) is 2.51. The van der Waals surface area contributed by atoms with Gasteiger partial charge in [-0.25, -0.2) is 0 Å². The molecule has 4 heteroatoms. The summed E-state index contributed by atoms with van der Waals surface area (Å²) < 4.78 is 0. The van der Waals surface area contributed by atoms with E-state index in [0.29, 0.717) is 0 Å². The van der Waals surface area contributed by atoms with Gasteiger partial charge < -0.3 is 10.6 Å². The molecule has 0 aromatic carbocycles. The summed E-state index contributed by atoms with van der Waals surface area (Å²) in [5, 5.41) is 0. The Bertz CT molecular complexity index is 117. The summed E-state index contributed by atoms with van der Waals surface area (Å²) in [5.41, 5.74) is 5.48. The maximum atomic E-state index is 10.9. The van der Waals surface area contributed by atoms with Crippen LogP contribution < -0.4 is 5.73 Å². The molecule has 10 heavy (non-hydrogen) atoms. The third-order valence-corrected chi connectivity index (χ3v) is 1.70. The van der Waals surface area contributed by atoms with E-state index in [0.717, 1.165) is 19.4 Å². The minimum atomic E-state index is -0.233. The van der Waals surface area contributed by atoms with E-state index >= 15 is 0 Å². The van der Waals surface area contributed by atoms with Gasteiger partial charge in [0.2, 0.25) is 5.91 Å². The molecule has 1 fully saturated rings. The van der Waals surface area contributed by atoms with Crippen LogP contribution >= 0.6 is 12.4 Å². The number of nitrogens with zero attached hydrogens (tertiary/aromatic N) is 1. The van der Waals surface area contributed by atoms with Gasteiger partial charge in [0.15, 0.2) is 0 Å². The number of likely N-dealkylation sites (tertiary alicyclic amines) is 1. The van der Waals surface area contributed by atoms with E-state index in [1.165, 1.54) is 0 Å². The monoisotopic (exact) mass is 164 g/mol. The maximum absolute atomic E-state index is 10.9. The molecular formula is C6H13ClN2O. The molecule has 1 aliphatic rings. The van der Waals surface area contributed by atoms with Crippen LogP contribution in [0.4, 0.5) is 0 Å². The fourth-order valence-corrected chi connectivity index (χ4v) is 1.07. The number of halogens is 1. The Morgan fingerprint density at radius 2 is 2.30 bits per heavy atom.